The summed E-state index contributed by atoms with van der Waals surface area (Å²) in [4.78, 5) is 19.6. The number of carbonyl (C=O) groups is 1. The molecule has 2 rings (SSSR count). The number of anilines is 1. The van der Waals surface area contributed by atoms with Crippen LogP contribution in [-0.2, 0) is 6.54 Å². The van der Waals surface area contributed by atoms with E-state index in [4.69, 9.17) is 4.42 Å². The third-order valence-electron chi connectivity index (χ3n) is 2.13. The average Bonchev–Trinajstić information content (AvgIpc) is 2.87. The number of hydrogen-bond donors (Lipinski definition) is 2. The summed E-state index contributed by atoms with van der Waals surface area (Å²) in [5, 5.41) is 7.88. The number of rotatable bonds is 3. The number of amides is 2. The number of nitrogens with one attached hydrogen (secondary N) is 2. The normalized spacial score (nSPS) is 10.2. The van der Waals surface area contributed by atoms with E-state index in [0.29, 0.717) is 12.3 Å². The molecule has 90 valence electrons. The molecule has 0 fully saturated rings. The summed E-state index contributed by atoms with van der Waals surface area (Å²) < 4.78 is 5.23. The van der Waals surface area contributed by atoms with Crippen molar-refractivity contribution in [2.24, 2.45) is 0 Å². The molecule has 2 amide bonds. The molecule has 0 saturated heterocycles. The SMILES string of the molecule is Cc1nc(NC(=O)NCc2nccs2)oc1C. The van der Waals surface area contributed by atoms with E-state index in [9.17, 15) is 4.79 Å². The lowest BCUT2D eigenvalue weighted by Crippen LogP contribution is -2.28. The molecule has 0 spiro atoms. The van der Waals surface area contributed by atoms with Crippen molar-refractivity contribution >= 4 is 23.4 Å². The van der Waals surface area contributed by atoms with Crippen LogP contribution in [0.1, 0.15) is 16.5 Å². The van der Waals surface area contributed by atoms with Crippen molar-refractivity contribution in [1.29, 1.82) is 0 Å². The molecule has 2 aromatic rings. The fourth-order valence-electron chi connectivity index (χ4n) is 1.16. The lowest BCUT2D eigenvalue weighted by molar-refractivity contribution is 0.251. The predicted octanol–water partition coefficient (Wildman–Crippen LogP) is 2.07. The molecule has 0 saturated carbocycles. The van der Waals surface area contributed by atoms with Crippen molar-refractivity contribution in [1.82, 2.24) is 15.3 Å². The first-order chi connectivity index (χ1) is 8.15. The first-order valence-corrected chi connectivity index (χ1v) is 5.90. The minimum absolute atomic E-state index is 0.205. The smallest absolute Gasteiger partial charge is 0.323 e. The van der Waals surface area contributed by atoms with Gasteiger partial charge in [-0.25, -0.2) is 9.78 Å². The fourth-order valence-corrected chi connectivity index (χ4v) is 1.72. The Morgan fingerprint density at radius 3 is 2.94 bits per heavy atom. The molecule has 2 heterocycles. The molecular weight excluding hydrogens is 240 g/mol. The highest BCUT2D eigenvalue weighted by Crippen LogP contribution is 2.12. The topological polar surface area (TPSA) is 80.0 Å². The summed E-state index contributed by atoms with van der Waals surface area (Å²) in [5.74, 6) is 0.695. The molecule has 0 atom stereocenters. The Morgan fingerprint density at radius 2 is 2.35 bits per heavy atom. The number of oxazole rings is 1. The van der Waals surface area contributed by atoms with E-state index in [1.807, 2.05) is 12.3 Å². The van der Waals surface area contributed by atoms with E-state index in [2.05, 4.69) is 20.6 Å². The second-order valence-corrected chi connectivity index (χ2v) is 4.37. The fraction of sp³-hybridized carbons (Fsp3) is 0.300. The molecule has 7 heteroatoms. The second-order valence-electron chi connectivity index (χ2n) is 3.39. The van der Waals surface area contributed by atoms with Crippen LogP contribution in [0.15, 0.2) is 16.0 Å². The quantitative estimate of drug-likeness (QED) is 0.876. The van der Waals surface area contributed by atoms with Crippen LogP contribution in [0.3, 0.4) is 0 Å². The van der Waals surface area contributed by atoms with Gasteiger partial charge in [-0.3, -0.25) is 5.32 Å². The molecule has 2 aromatic heterocycles. The van der Waals surface area contributed by atoms with Crippen LogP contribution in [0.25, 0.3) is 0 Å². The van der Waals surface area contributed by atoms with Gasteiger partial charge in [0.25, 0.3) is 0 Å². The monoisotopic (exact) mass is 252 g/mol. The number of nitrogens with zero attached hydrogens (tertiary/aromatic N) is 2. The number of thiazole rings is 1. The van der Waals surface area contributed by atoms with Gasteiger partial charge in [0.05, 0.1) is 12.2 Å². The van der Waals surface area contributed by atoms with Gasteiger partial charge in [-0.05, 0) is 13.8 Å². The van der Waals surface area contributed by atoms with Crippen molar-refractivity contribution in [3.05, 3.63) is 28.0 Å². The van der Waals surface area contributed by atoms with Gasteiger partial charge in [-0.2, -0.15) is 4.98 Å². The molecule has 0 aliphatic rings. The molecule has 0 radical (unpaired) electrons. The van der Waals surface area contributed by atoms with Gasteiger partial charge in [-0.1, -0.05) is 0 Å². The molecule has 17 heavy (non-hydrogen) atoms. The zero-order valence-corrected chi connectivity index (χ0v) is 10.3. The van der Waals surface area contributed by atoms with Gasteiger partial charge in [0.1, 0.15) is 10.8 Å². The standard InChI is InChI=1S/C10H12N4O2S/c1-6-7(2)16-10(13-6)14-9(15)12-5-8-11-3-4-17-8/h3-4H,5H2,1-2H3,(H2,12,13,14,15). The van der Waals surface area contributed by atoms with Crippen molar-refractivity contribution in [3.63, 3.8) is 0 Å². The van der Waals surface area contributed by atoms with E-state index in [0.717, 1.165) is 10.7 Å². The first kappa shape index (κ1) is 11.6. The van der Waals surface area contributed by atoms with E-state index in [-0.39, 0.29) is 12.0 Å². The number of aryl methyl sites for hydroxylation is 2. The molecule has 0 bridgehead atoms. The van der Waals surface area contributed by atoms with Gasteiger partial charge < -0.3 is 9.73 Å². The van der Waals surface area contributed by atoms with Crippen LogP contribution < -0.4 is 10.6 Å². The van der Waals surface area contributed by atoms with Crippen LogP contribution in [0.5, 0.6) is 0 Å². The zero-order chi connectivity index (χ0) is 12.3. The zero-order valence-electron chi connectivity index (χ0n) is 9.48. The van der Waals surface area contributed by atoms with E-state index in [1.165, 1.54) is 11.3 Å². The molecular formula is C10H12N4O2S. The summed E-state index contributed by atoms with van der Waals surface area (Å²) in [6, 6.07) is -0.155. The highest BCUT2D eigenvalue weighted by Gasteiger charge is 2.09. The highest BCUT2D eigenvalue weighted by atomic mass is 32.1. The molecule has 6 nitrogen and oxygen atoms in total. The van der Waals surface area contributed by atoms with Gasteiger partial charge in [-0.15, -0.1) is 11.3 Å². The third-order valence-corrected chi connectivity index (χ3v) is 2.91. The number of hydrogen-bond acceptors (Lipinski definition) is 5. The molecule has 0 aliphatic heterocycles. The summed E-state index contributed by atoms with van der Waals surface area (Å²) in [6.45, 7) is 4.00. The number of urea groups is 1. The van der Waals surface area contributed by atoms with Crippen LogP contribution in [0.4, 0.5) is 10.8 Å². The van der Waals surface area contributed by atoms with Crippen molar-refractivity contribution in [2.75, 3.05) is 5.32 Å². The minimum Gasteiger partial charge on any atom is -0.428 e. The summed E-state index contributed by atoms with van der Waals surface area (Å²) in [7, 11) is 0. The Bertz CT molecular complexity index is 487. The molecule has 0 aromatic carbocycles. The molecule has 0 aliphatic carbocycles. The Labute approximate surface area is 102 Å². The van der Waals surface area contributed by atoms with Crippen molar-refractivity contribution < 1.29 is 9.21 Å². The van der Waals surface area contributed by atoms with Gasteiger partial charge in [0.15, 0.2) is 0 Å². The van der Waals surface area contributed by atoms with Crippen LogP contribution >= 0.6 is 11.3 Å². The van der Waals surface area contributed by atoms with E-state index in [1.54, 1.807) is 13.1 Å². The molecule has 0 unspecified atom stereocenters. The Hall–Kier alpha value is -1.89. The highest BCUT2D eigenvalue weighted by molar-refractivity contribution is 7.09. The molecule has 2 N–H and O–H groups in total. The van der Waals surface area contributed by atoms with Crippen molar-refractivity contribution in [3.8, 4) is 0 Å². The summed E-state index contributed by atoms with van der Waals surface area (Å²) in [5.41, 5.74) is 0.764. The number of aromatic nitrogens is 2. The van der Waals surface area contributed by atoms with Crippen LogP contribution in [0.2, 0.25) is 0 Å². The predicted molar refractivity (Wildman–Crippen MR) is 63.9 cm³/mol. The maximum Gasteiger partial charge on any atom is 0.323 e. The van der Waals surface area contributed by atoms with Crippen LogP contribution in [-0.4, -0.2) is 16.0 Å². The largest absolute Gasteiger partial charge is 0.428 e. The lowest BCUT2D eigenvalue weighted by atomic mass is 10.4. The second kappa shape index (κ2) is 4.96. The Kier molecular flexibility index (Phi) is 3.38. The van der Waals surface area contributed by atoms with E-state index < -0.39 is 0 Å². The average molecular weight is 252 g/mol. The first-order valence-electron chi connectivity index (χ1n) is 5.02. The summed E-state index contributed by atoms with van der Waals surface area (Å²) in [6.07, 6.45) is 1.69. The Morgan fingerprint density at radius 1 is 1.53 bits per heavy atom. The van der Waals surface area contributed by atoms with Gasteiger partial charge >= 0.3 is 12.0 Å². The summed E-state index contributed by atoms with van der Waals surface area (Å²) >= 11 is 1.49. The number of carbonyl (C=O) groups excluding carboxylic acids is 1. The minimum atomic E-state index is -0.360. The third kappa shape index (κ3) is 3.04. The maximum absolute atomic E-state index is 11.5. The maximum atomic E-state index is 11.5. The van der Waals surface area contributed by atoms with Crippen LogP contribution in [0, 0.1) is 13.8 Å². The lowest BCUT2D eigenvalue weighted by Gasteiger charge is -2.01. The van der Waals surface area contributed by atoms with Crippen molar-refractivity contribution in [2.45, 2.75) is 20.4 Å². The Balaban J connectivity index is 1.85. The van der Waals surface area contributed by atoms with E-state index >= 15 is 0 Å². The van der Waals surface area contributed by atoms with Gasteiger partial charge in [0.2, 0.25) is 0 Å². The van der Waals surface area contributed by atoms with Gasteiger partial charge in [0, 0.05) is 11.6 Å².